The molecule has 0 spiro atoms. The summed E-state index contributed by atoms with van der Waals surface area (Å²) in [5.41, 5.74) is 2.51. The molecule has 2 aromatic carbocycles. The number of halogens is 1. The zero-order chi connectivity index (χ0) is 18.2. The Morgan fingerprint density at radius 2 is 1.30 bits per heavy atom. The van der Waals surface area contributed by atoms with Crippen LogP contribution in [0.4, 0.5) is 0 Å². The quantitative estimate of drug-likeness (QED) is 0.738. The third-order valence-electron chi connectivity index (χ3n) is 5.24. The summed E-state index contributed by atoms with van der Waals surface area (Å²) in [4.78, 5) is 4.97. The third kappa shape index (κ3) is 3.59. The number of hydrogen-bond donors (Lipinski definition) is 0. The van der Waals surface area contributed by atoms with Crippen LogP contribution in [0.3, 0.4) is 0 Å². The topological polar surface area (TPSA) is 43.4 Å². The van der Waals surface area contributed by atoms with Gasteiger partial charge >= 0.3 is 0 Å². The molecule has 7 heteroatoms. The van der Waals surface area contributed by atoms with Crippen molar-refractivity contribution >= 4 is 15.9 Å². The highest BCUT2D eigenvalue weighted by molar-refractivity contribution is 9.10. The number of benzene rings is 2. The maximum Gasteiger partial charge on any atom is 0.231 e. The molecule has 142 valence electrons. The van der Waals surface area contributed by atoms with Crippen LogP contribution < -0.4 is 18.9 Å². The number of rotatable bonds is 4. The normalized spacial score (nSPS) is 18.9. The molecule has 3 aliphatic heterocycles. The van der Waals surface area contributed by atoms with Crippen LogP contribution in [0.2, 0.25) is 0 Å². The van der Waals surface area contributed by atoms with Crippen molar-refractivity contribution in [3.05, 3.63) is 45.9 Å². The molecule has 1 saturated heterocycles. The average molecular weight is 433 g/mol. The lowest BCUT2D eigenvalue weighted by atomic mass is 10.1. The molecule has 0 N–H and O–H groups in total. The molecule has 0 atom stereocenters. The van der Waals surface area contributed by atoms with Crippen molar-refractivity contribution in [1.29, 1.82) is 0 Å². The molecule has 0 saturated carbocycles. The minimum atomic E-state index is 0.309. The molecule has 0 radical (unpaired) electrons. The van der Waals surface area contributed by atoms with E-state index in [9.17, 15) is 0 Å². The van der Waals surface area contributed by atoms with Gasteiger partial charge in [-0.25, -0.2) is 0 Å². The molecule has 27 heavy (non-hydrogen) atoms. The van der Waals surface area contributed by atoms with Crippen LogP contribution in [-0.2, 0) is 13.1 Å². The first-order valence-corrected chi connectivity index (χ1v) is 9.95. The first-order valence-electron chi connectivity index (χ1n) is 9.16. The summed E-state index contributed by atoms with van der Waals surface area (Å²) in [5, 5.41) is 0. The lowest BCUT2D eigenvalue weighted by molar-refractivity contribution is 0.121. The average Bonchev–Trinajstić information content (AvgIpc) is 3.32. The summed E-state index contributed by atoms with van der Waals surface area (Å²) >= 11 is 3.66. The van der Waals surface area contributed by atoms with Gasteiger partial charge in [-0.15, -0.1) is 0 Å². The molecule has 0 bridgehead atoms. The molecule has 3 aliphatic rings. The minimum Gasteiger partial charge on any atom is -0.454 e. The third-order valence-corrected chi connectivity index (χ3v) is 5.98. The fourth-order valence-electron chi connectivity index (χ4n) is 3.72. The van der Waals surface area contributed by atoms with Crippen molar-refractivity contribution < 1.29 is 18.9 Å². The summed E-state index contributed by atoms with van der Waals surface area (Å²) in [7, 11) is 0. The van der Waals surface area contributed by atoms with E-state index in [0.717, 1.165) is 66.7 Å². The summed E-state index contributed by atoms with van der Waals surface area (Å²) in [6.45, 7) is 6.69. The molecule has 0 aliphatic carbocycles. The number of piperazine rings is 1. The van der Waals surface area contributed by atoms with Crippen LogP contribution in [0.1, 0.15) is 11.1 Å². The van der Waals surface area contributed by atoms with Gasteiger partial charge in [-0.1, -0.05) is 22.0 Å². The summed E-state index contributed by atoms with van der Waals surface area (Å²) in [6.07, 6.45) is 0. The number of ether oxygens (including phenoxy) is 4. The highest BCUT2D eigenvalue weighted by Crippen LogP contribution is 2.37. The van der Waals surface area contributed by atoms with E-state index in [0.29, 0.717) is 13.6 Å². The molecular weight excluding hydrogens is 412 g/mol. The van der Waals surface area contributed by atoms with Crippen LogP contribution in [0.15, 0.2) is 34.8 Å². The highest BCUT2D eigenvalue weighted by Gasteiger charge is 2.21. The van der Waals surface area contributed by atoms with Crippen LogP contribution >= 0.6 is 15.9 Å². The SMILES string of the molecule is Brc1cc2c(cc1CN1CCN(Cc3ccc4c(c3)OCO4)CC1)OCO2. The predicted octanol–water partition coefficient (Wildman–Crippen LogP) is 3.22. The first-order chi connectivity index (χ1) is 13.2. The molecule has 6 nitrogen and oxygen atoms in total. The van der Waals surface area contributed by atoms with E-state index in [2.05, 4.69) is 43.9 Å². The van der Waals surface area contributed by atoms with Gasteiger partial charge in [0.15, 0.2) is 23.0 Å². The molecule has 0 unspecified atom stereocenters. The van der Waals surface area contributed by atoms with Crippen LogP contribution in [0.25, 0.3) is 0 Å². The maximum atomic E-state index is 5.51. The van der Waals surface area contributed by atoms with Crippen molar-refractivity contribution in [2.24, 2.45) is 0 Å². The zero-order valence-corrected chi connectivity index (χ0v) is 16.5. The van der Waals surface area contributed by atoms with E-state index in [4.69, 9.17) is 18.9 Å². The van der Waals surface area contributed by atoms with Gasteiger partial charge in [0.25, 0.3) is 0 Å². The van der Waals surface area contributed by atoms with E-state index >= 15 is 0 Å². The van der Waals surface area contributed by atoms with Crippen molar-refractivity contribution in [3.63, 3.8) is 0 Å². The maximum absolute atomic E-state index is 5.51. The molecule has 5 rings (SSSR count). The van der Waals surface area contributed by atoms with Gasteiger partial charge in [0.2, 0.25) is 13.6 Å². The van der Waals surface area contributed by atoms with Crippen molar-refractivity contribution in [1.82, 2.24) is 9.80 Å². The Kier molecular flexibility index (Phi) is 4.59. The second-order valence-electron chi connectivity index (χ2n) is 7.04. The van der Waals surface area contributed by atoms with E-state index in [1.54, 1.807) is 0 Å². The molecular formula is C20H21BrN2O4. The van der Waals surface area contributed by atoms with Gasteiger partial charge < -0.3 is 18.9 Å². The van der Waals surface area contributed by atoms with E-state index in [1.165, 1.54) is 11.1 Å². The molecule has 0 aromatic heterocycles. The molecule has 3 heterocycles. The van der Waals surface area contributed by atoms with Gasteiger partial charge in [0.1, 0.15) is 0 Å². The zero-order valence-electron chi connectivity index (χ0n) is 14.9. The van der Waals surface area contributed by atoms with Crippen molar-refractivity contribution in [2.75, 3.05) is 39.8 Å². The number of hydrogen-bond acceptors (Lipinski definition) is 6. The van der Waals surface area contributed by atoms with Crippen molar-refractivity contribution in [2.45, 2.75) is 13.1 Å². The van der Waals surface area contributed by atoms with Gasteiger partial charge in [-0.2, -0.15) is 0 Å². The Bertz CT molecular complexity index is 852. The van der Waals surface area contributed by atoms with Gasteiger partial charge in [0.05, 0.1) is 0 Å². The van der Waals surface area contributed by atoms with E-state index in [1.807, 2.05) is 12.1 Å². The Morgan fingerprint density at radius 3 is 2.04 bits per heavy atom. The lowest BCUT2D eigenvalue weighted by Crippen LogP contribution is -2.45. The molecule has 0 amide bonds. The summed E-state index contributed by atoms with van der Waals surface area (Å²) in [5.74, 6) is 3.37. The smallest absolute Gasteiger partial charge is 0.231 e. The fourth-order valence-corrected chi connectivity index (χ4v) is 4.17. The van der Waals surface area contributed by atoms with Crippen LogP contribution in [-0.4, -0.2) is 49.6 Å². The number of fused-ring (bicyclic) bond motifs is 2. The Morgan fingerprint density at radius 1 is 0.704 bits per heavy atom. The lowest BCUT2D eigenvalue weighted by Gasteiger charge is -2.35. The first kappa shape index (κ1) is 17.2. The molecule has 1 fully saturated rings. The summed E-state index contributed by atoms with van der Waals surface area (Å²) < 4.78 is 22.9. The van der Waals surface area contributed by atoms with Crippen LogP contribution in [0, 0.1) is 0 Å². The second-order valence-corrected chi connectivity index (χ2v) is 7.89. The van der Waals surface area contributed by atoms with Crippen LogP contribution in [0.5, 0.6) is 23.0 Å². The van der Waals surface area contributed by atoms with E-state index < -0.39 is 0 Å². The molecule has 2 aromatic rings. The Hall–Kier alpha value is -1.96. The number of nitrogens with zero attached hydrogens (tertiary/aromatic N) is 2. The Labute approximate surface area is 166 Å². The standard InChI is InChI=1S/C20H21BrN2O4/c21-16-9-20-19(26-13-27-20)8-15(16)11-23-5-3-22(4-6-23)10-14-1-2-17-18(7-14)25-12-24-17/h1-2,7-9H,3-6,10-13H2. The van der Waals surface area contributed by atoms with Gasteiger partial charge in [-0.05, 0) is 35.4 Å². The van der Waals surface area contributed by atoms with E-state index in [-0.39, 0.29) is 0 Å². The predicted molar refractivity (Wildman–Crippen MR) is 103 cm³/mol. The minimum absolute atomic E-state index is 0.309. The second kappa shape index (κ2) is 7.22. The monoisotopic (exact) mass is 432 g/mol. The largest absolute Gasteiger partial charge is 0.454 e. The highest BCUT2D eigenvalue weighted by atomic mass is 79.9. The van der Waals surface area contributed by atoms with Crippen molar-refractivity contribution in [3.8, 4) is 23.0 Å². The fraction of sp³-hybridized carbons (Fsp3) is 0.400. The van der Waals surface area contributed by atoms with Gasteiger partial charge in [0, 0.05) is 43.7 Å². The Balaban J connectivity index is 1.17. The summed E-state index contributed by atoms with van der Waals surface area (Å²) in [6, 6.07) is 10.3. The van der Waals surface area contributed by atoms with Gasteiger partial charge in [-0.3, -0.25) is 9.80 Å².